The van der Waals surface area contributed by atoms with Crippen molar-refractivity contribution in [1.82, 2.24) is 0 Å². The molecule has 2 rings (SSSR count). The maximum atomic E-state index is 12.2. The molecule has 2 amide bonds. The molecule has 0 saturated heterocycles. The minimum Gasteiger partial charge on any atom is -0.452 e. The van der Waals surface area contributed by atoms with Crippen LogP contribution in [0.3, 0.4) is 0 Å². The number of nitrogens with one attached hydrogen (secondary N) is 2. The zero-order valence-corrected chi connectivity index (χ0v) is 17.2. The molecule has 2 aromatic rings. The fourth-order valence-corrected chi connectivity index (χ4v) is 3.27. The molecule has 0 aliphatic carbocycles. The van der Waals surface area contributed by atoms with Gasteiger partial charge in [0.2, 0.25) is 5.91 Å². The molecule has 0 spiro atoms. The number of aryl methyl sites for hydroxylation is 2. The van der Waals surface area contributed by atoms with E-state index in [1.807, 2.05) is 32.0 Å². The molecule has 6 nitrogen and oxygen atoms in total. The van der Waals surface area contributed by atoms with Crippen LogP contribution >= 0.6 is 11.8 Å². The van der Waals surface area contributed by atoms with Crippen LogP contribution in [0.1, 0.15) is 25.0 Å². The molecule has 0 aromatic heterocycles. The van der Waals surface area contributed by atoms with E-state index in [9.17, 15) is 14.4 Å². The van der Waals surface area contributed by atoms with Gasteiger partial charge in [0.15, 0.2) is 6.10 Å². The Labute approximate surface area is 169 Å². The minimum absolute atomic E-state index is 0.132. The van der Waals surface area contributed by atoms with Crippen LogP contribution in [0.2, 0.25) is 0 Å². The van der Waals surface area contributed by atoms with Crippen molar-refractivity contribution < 1.29 is 19.1 Å². The Morgan fingerprint density at radius 3 is 2.21 bits per heavy atom. The molecule has 0 aliphatic rings. The van der Waals surface area contributed by atoms with E-state index in [1.54, 1.807) is 24.3 Å². The Morgan fingerprint density at radius 2 is 1.61 bits per heavy atom. The molecule has 0 saturated carbocycles. The first-order valence-corrected chi connectivity index (χ1v) is 9.81. The number of hydrogen-bond donors (Lipinski definition) is 2. The predicted molar refractivity (Wildman–Crippen MR) is 112 cm³/mol. The molecule has 0 heterocycles. The lowest BCUT2D eigenvalue weighted by Gasteiger charge is -2.14. The number of benzene rings is 2. The normalized spacial score (nSPS) is 11.4. The highest BCUT2D eigenvalue weighted by molar-refractivity contribution is 8.00. The van der Waals surface area contributed by atoms with E-state index in [4.69, 9.17) is 4.74 Å². The van der Waals surface area contributed by atoms with Crippen molar-refractivity contribution >= 4 is 40.9 Å². The summed E-state index contributed by atoms with van der Waals surface area (Å²) in [5.74, 6) is -0.907. The molecule has 28 heavy (non-hydrogen) atoms. The van der Waals surface area contributed by atoms with Gasteiger partial charge in [-0.1, -0.05) is 17.7 Å². The molecular weight excluding hydrogens is 376 g/mol. The van der Waals surface area contributed by atoms with Crippen molar-refractivity contribution in [2.45, 2.75) is 38.7 Å². The zero-order valence-electron chi connectivity index (χ0n) is 16.4. The quantitative estimate of drug-likeness (QED) is 0.543. The predicted octanol–water partition coefficient (Wildman–Crippen LogP) is 3.92. The topological polar surface area (TPSA) is 84.5 Å². The largest absolute Gasteiger partial charge is 0.452 e. The van der Waals surface area contributed by atoms with Crippen molar-refractivity contribution in [2.24, 2.45) is 0 Å². The number of amides is 2. The van der Waals surface area contributed by atoms with Crippen LogP contribution in [0.25, 0.3) is 0 Å². The highest BCUT2D eigenvalue weighted by atomic mass is 32.2. The van der Waals surface area contributed by atoms with E-state index in [2.05, 4.69) is 10.6 Å². The van der Waals surface area contributed by atoms with Gasteiger partial charge in [-0.15, -0.1) is 11.8 Å². The summed E-state index contributed by atoms with van der Waals surface area (Å²) in [5, 5.41) is 5.33. The first kappa shape index (κ1) is 21.5. The summed E-state index contributed by atoms with van der Waals surface area (Å²) in [7, 11) is 0. The molecule has 0 fully saturated rings. The second-order valence-electron chi connectivity index (χ2n) is 6.44. The number of carbonyl (C=O) groups excluding carboxylic acids is 3. The number of carbonyl (C=O) groups is 3. The standard InChI is InChI=1S/C21H24N2O4S/c1-13-5-6-14(2)19(11-13)28-12-20(25)27-15(3)21(26)23-18-9-7-17(8-10-18)22-16(4)24/h5-11,15H,12H2,1-4H3,(H,22,24)(H,23,26)/t15-/m1/s1. The molecule has 2 N–H and O–H groups in total. The van der Waals surface area contributed by atoms with Gasteiger partial charge < -0.3 is 15.4 Å². The number of rotatable bonds is 7. The minimum atomic E-state index is -0.915. The highest BCUT2D eigenvalue weighted by Gasteiger charge is 2.18. The summed E-state index contributed by atoms with van der Waals surface area (Å²) >= 11 is 1.39. The third kappa shape index (κ3) is 6.74. The van der Waals surface area contributed by atoms with E-state index < -0.39 is 18.0 Å². The number of anilines is 2. The van der Waals surface area contributed by atoms with Gasteiger partial charge in [-0.2, -0.15) is 0 Å². The second kappa shape index (κ2) is 9.94. The first-order chi connectivity index (χ1) is 13.2. The Hall–Kier alpha value is -2.80. The monoisotopic (exact) mass is 400 g/mol. The lowest BCUT2D eigenvalue weighted by atomic mass is 10.2. The van der Waals surface area contributed by atoms with E-state index in [1.165, 1.54) is 25.6 Å². The Bertz CT molecular complexity index is 865. The second-order valence-corrected chi connectivity index (χ2v) is 7.45. The van der Waals surface area contributed by atoms with E-state index in [0.29, 0.717) is 11.4 Å². The van der Waals surface area contributed by atoms with Gasteiger partial charge in [0, 0.05) is 23.2 Å². The van der Waals surface area contributed by atoms with Crippen LogP contribution in [0, 0.1) is 13.8 Å². The fraction of sp³-hybridized carbons (Fsp3) is 0.286. The molecule has 0 aliphatic heterocycles. The first-order valence-electron chi connectivity index (χ1n) is 8.82. The number of thioether (sulfide) groups is 1. The fourth-order valence-electron chi connectivity index (χ4n) is 2.37. The van der Waals surface area contributed by atoms with Gasteiger partial charge in [-0.25, -0.2) is 0 Å². The molecule has 1 atom stereocenters. The van der Waals surface area contributed by atoms with Gasteiger partial charge in [0.25, 0.3) is 5.91 Å². The van der Waals surface area contributed by atoms with Gasteiger partial charge >= 0.3 is 5.97 Å². The third-order valence-electron chi connectivity index (χ3n) is 3.84. The zero-order chi connectivity index (χ0) is 20.7. The van der Waals surface area contributed by atoms with Crippen LogP contribution in [0.4, 0.5) is 11.4 Å². The maximum Gasteiger partial charge on any atom is 0.317 e. The SMILES string of the molecule is CC(=O)Nc1ccc(NC(=O)[C@@H](C)OC(=O)CSc2cc(C)ccc2C)cc1. The van der Waals surface area contributed by atoms with E-state index >= 15 is 0 Å². The smallest absolute Gasteiger partial charge is 0.317 e. The molecular formula is C21H24N2O4S. The van der Waals surface area contributed by atoms with Crippen molar-refractivity contribution in [3.8, 4) is 0 Å². The van der Waals surface area contributed by atoms with Crippen molar-refractivity contribution in [1.29, 1.82) is 0 Å². The maximum absolute atomic E-state index is 12.2. The lowest BCUT2D eigenvalue weighted by Crippen LogP contribution is -2.30. The number of hydrogen-bond acceptors (Lipinski definition) is 5. The average molecular weight is 401 g/mol. The summed E-state index contributed by atoms with van der Waals surface area (Å²) in [6.45, 7) is 6.93. The molecule has 7 heteroatoms. The van der Waals surface area contributed by atoms with Crippen molar-refractivity contribution in [3.05, 3.63) is 53.6 Å². The van der Waals surface area contributed by atoms with Crippen LogP contribution in [-0.2, 0) is 19.1 Å². The summed E-state index contributed by atoms with van der Waals surface area (Å²) in [6.07, 6.45) is -0.915. The van der Waals surface area contributed by atoms with Crippen LogP contribution in [-0.4, -0.2) is 29.6 Å². The summed E-state index contributed by atoms with van der Waals surface area (Å²) in [6, 6.07) is 12.7. The van der Waals surface area contributed by atoms with Crippen LogP contribution in [0.5, 0.6) is 0 Å². The Kier molecular flexibility index (Phi) is 7.63. The molecule has 2 aromatic carbocycles. The third-order valence-corrected chi connectivity index (χ3v) is 4.97. The highest BCUT2D eigenvalue weighted by Crippen LogP contribution is 2.23. The Balaban J connectivity index is 1.83. The average Bonchev–Trinajstić information content (AvgIpc) is 2.63. The molecule has 148 valence electrons. The number of esters is 1. The molecule has 0 unspecified atom stereocenters. The van der Waals surface area contributed by atoms with E-state index in [0.717, 1.165) is 16.0 Å². The summed E-state index contributed by atoms with van der Waals surface area (Å²) in [4.78, 5) is 36.3. The van der Waals surface area contributed by atoms with Gasteiger partial charge in [-0.3, -0.25) is 14.4 Å². The number of ether oxygens (including phenoxy) is 1. The molecule has 0 bridgehead atoms. The van der Waals surface area contributed by atoms with E-state index in [-0.39, 0.29) is 11.7 Å². The van der Waals surface area contributed by atoms with Crippen molar-refractivity contribution in [3.63, 3.8) is 0 Å². The van der Waals surface area contributed by atoms with Gasteiger partial charge in [-0.05, 0) is 56.7 Å². The molecule has 0 radical (unpaired) electrons. The van der Waals surface area contributed by atoms with Crippen LogP contribution in [0.15, 0.2) is 47.4 Å². The summed E-state index contributed by atoms with van der Waals surface area (Å²) < 4.78 is 5.22. The van der Waals surface area contributed by atoms with Gasteiger partial charge in [0.05, 0.1) is 5.75 Å². The summed E-state index contributed by atoms with van der Waals surface area (Å²) in [5.41, 5.74) is 3.40. The Morgan fingerprint density at radius 1 is 1.00 bits per heavy atom. The lowest BCUT2D eigenvalue weighted by molar-refractivity contribution is -0.150. The van der Waals surface area contributed by atoms with Gasteiger partial charge in [0.1, 0.15) is 0 Å². The van der Waals surface area contributed by atoms with Crippen molar-refractivity contribution in [2.75, 3.05) is 16.4 Å². The van der Waals surface area contributed by atoms with Crippen LogP contribution < -0.4 is 10.6 Å².